The molecule has 0 atom stereocenters. The van der Waals surface area contributed by atoms with E-state index in [1.807, 2.05) is 18.9 Å². The van der Waals surface area contributed by atoms with Gasteiger partial charge < -0.3 is 4.90 Å². The lowest BCUT2D eigenvalue weighted by Crippen LogP contribution is -2.33. The molecular formula is C11H16Br2N2O2S. The molecule has 1 aromatic rings. The highest BCUT2D eigenvalue weighted by atomic mass is 79.9. The standard InChI is InChI=1S/C11H16Br2N2O2S/c1-3-15(2)7-6-14-18(16,17)11-8-9(12)4-5-10(11)13/h4-5,8,14H,3,6-7H2,1-2H3. The van der Waals surface area contributed by atoms with E-state index in [9.17, 15) is 8.42 Å². The molecule has 0 radical (unpaired) electrons. The monoisotopic (exact) mass is 398 g/mol. The van der Waals surface area contributed by atoms with Gasteiger partial charge >= 0.3 is 0 Å². The average Bonchev–Trinajstić information content (AvgIpc) is 2.31. The van der Waals surface area contributed by atoms with Crippen LogP contribution in [0.2, 0.25) is 0 Å². The van der Waals surface area contributed by atoms with Crippen molar-refractivity contribution in [3.05, 3.63) is 27.1 Å². The zero-order valence-electron chi connectivity index (χ0n) is 10.3. The molecule has 1 aromatic carbocycles. The molecule has 0 aromatic heterocycles. The Balaban J connectivity index is 2.77. The quantitative estimate of drug-likeness (QED) is 0.799. The summed E-state index contributed by atoms with van der Waals surface area (Å²) in [6.07, 6.45) is 0. The molecule has 0 aliphatic carbocycles. The molecule has 0 unspecified atom stereocenters. The molecule has 0 aliphatic heterocycles. The van der Waals surface area contributed by atoms with Crippen molar-refractivity contribution in [2.75, 3.05) is 26.7 Å². The molecule has 0 saturated heterocycles. The number of nitrogens with one attached hydrogen (secondary N) is 1. The first-order valence-corrected chi connectivity index (χ1v) is 8.57. The van der Waals surface area contributed by atoms with E-state index in [4.69, 9.17) is 0 Å². The van der Waals surface area contributed by atoms with Gasteiger partial charge in [0.2, 0.25) is 10.0 Å². The summed E-state index contributed by atoms with van der Waals surface area (Å²) in [5.41, 5.74) is 0. The van der Waals surface area contributed by atoms with E-state index >= 15 is 0 Å². The normalized spacial score (nSPS) is 12.1. The first-order valence-electron chi connectivity index (χ1n) is 5.50. The molecule has 1 N–H and O–H groups in total. The summed E-state index contributed by atoms with van der Waals surface area (Å²) in [7, 11) is -1.52. The van der Waals surface area contributed by atoms with Gasteiger partial charge in [0.15, 0.2) is 0 Å². The van der Waals surface area contributed by atoms with Crippen LogP contribution in [0.1, 0.15) is 6.92 Å². The van der Waals surface area contributed by atoms with Crippen LogP contribution in [0.5, 0.6) is 0 Å². The Labute approximate surface area is 125 Å². The molecule has 0 bridgehead atoms. The predicted molar refractivity (Wildman–Crippen MR) is 80.2 cm³/mol. The van der Waals surface area contributed by atoms with Gasteiger partial charge in [-0.15, -0.1) is 0 Å². The Morgan fingerprint density at radius 2 is 2.00 bits per heavy atom. The number of likely N-dealkylation sites (N-methyl/N-ethyl adjacent to an activating group) is 1. The predicted octanol–water partition coefficient (Wildman–Crippen LogP) is 2.44. The van der Waals surface area contributed by atoms with E-state index < -0.39 is 10.0 Å². The smallest absolute Gasteiger partial charge is 0.241 e. The van der Waals surface area contributed by atoms with E-state index in [-0.39, 0.29) is 4.90 Å². The maximum absolute atomic E-state index is 12.1. The Morgan fingerprint density at radius 3 is 2.61 bits per heavy atom. The third-order valence-electron chi connectivity index (χ3n) is 2.51. The third kappa shape index (κ3) is 4.62. The van der Waals surface area contributed by atoms with Crippen molar-refractivity contribution in [1.82, 2.24) is 9.62 Å². The lowest BCUT2D eigenvalue weighted by Gasteiger charge is -2.14. The largest absolute Gasteiger partial charge is 0.305 e. The van der Waals surface area contributed by atoms with Crippen molar-refractivity contribution >= 4 is 41.9 Å². The molecule has 102 valence electrons. The zero-order valence-corrected chi connectivity index (χ0v) is 14.3. The second-order valence-electron chi connectivity index (χ2n) is 3.87. The number of hydrogen-bond acceptors (Lipinski definition) is 3. The van der Waals surface area contributed by atoms with E-state index in [1.54, 1.807) is 18.2 Å². The molecule has 0 saturated carbocycles. The van der Waals surface area contributed by atoms with E-state index in [0.717, 1.165) is 11.0 Å². The maximum Gasteiger partial charge on any atom is 0.241 e. The van der Waals surface area contributed by atoms with Gasteiger partial charge in [-0.25, -0.2) is 13.1 Å². The molecule has 0 aliphatic rings. The molecular weight excluding hydrogens is 384 g/mol. The van der Waals surface area contributed by atoms with Crippen LogP contribution in [0, 0.1) is 0 Å². The summed E-state index contributed by atoms with van der Waals surface area (Å²) in [4.78, 5) is 2.29. The summed E-state index contributed by atoms with van der Waals surface area (Å²) >= 11 is 6.52. The number of benzene rings is 1. The molecule has 18 heavy (non-hydrogen) atoms. The molecule has 1 rings (SSSR count). The maximum atomic E-state index is 12.1. The third-order valence-corrected chi connectivity index (χ3v) is 5.46. The van der Waals surface area contributed by atoms with Crippen molar-refractivity contribution in [1.29, 1.82) is 0 Å². The highest BCUT2D eigenvalue weighted by Gasteiger charge is 2.17. The summed E-state index contributed by atoms with van der Waals surface area (Å²) in [5.74, 6) is 0. The lowest BCUT2D eigenvalue weighted by molar-refractivity contribution is 0.358. The summed E-state index contributed by atoms with van der Waals surface area (Å²) < 4.78 is 28.1. The topological polar surface area (TPSA) is 49.4 Å². The Hall–Kier alpha value is 0.0500. The van der Waals surface area contributed by atoms with Gasteiger partial charge in [0.1, 0.15) is 0 Å². The van der Waals surface area contributed by atoms with Gasteiger partial charge in [-0.3, -0.25) is 0 Å². The Bertz CT molecular complexity index is 506. The van der Waals surface area contributed by atoms with Gasteiger partial charge in [-0.05, 0) is 47.7 Å². The van der Waals surface area contributed by atoms with Crippen molar-refractivity contribution in [2.24, 2.45) is 0 Å². The van der Waals surface area contributed by atoms with Crippen molar-refractivity contribution in [2.45, 2.75) is 11.8 Å². The first kappa shape index (κ1) is 16.1. The average molecular weight is 400 g/mol. The fourth-order valence-corrected chi connectivity index (χ4v) is 3.81. The van der Waals surface area contributed by atoms with Crippen LogP contribution in [-0.4, -0.2) is 40.0 Å². The van der Waals surface area contributed by atoms with Gasteiger partial charge in [-0.2, -0.15) is 0 Å². The van der Waals surface area contributed by atoms with Crippen molar-refractivity contribution in [3.63, 3.8) is 0 Å². The van der Waals surface area contributed by atoms with Gasteiger partial charge in [0.05, 0.1) is 4.90 Å². The highest BCUT2D eigenvalue weighted by Crippen LogP contribution is 2.25. The van der Waals surface area contributed by atoms with Crippen LogP contribution < -0.4 is 4.72 Å². The molecule has 0 fully saturated rings. The SMILES string of the molecule is CCN(C)CCNS(=O)(=O)c1cc(Br)ccc1Br. The summed E-state index contributed by atoms with van der Waals surface area (Å²) in [5, 5.41) is 0. The first-order chi connectivity index (χ1) is 8.36. The van der Waals surface area contributed by atoms with Crippen molar-refractivity contribution < 1.29 is 8.42 Å². The van der Waals surface area contributed by atoms with Crippen molar-refractivity contribution in [3.8, 4) is 0 Å². The van der Waals surface area contributed by atoms with Crippen LogP contribution in [0.3, 0.4) is 0 Å². The molecule has 4 nitrogen and oxygen atoms in total. The zero-order chi connectivity index (χ0) is 13.8. The summed E-state index contributed by atoms with van der Waals surface area (Å²) in [6, 6.07) is 5.07. The van der Waals surface area contributed by atoms with E-state index in [1.165, 1.54) is 0 Å². The Kier molecular flexibility index (Phi) is 6.26. The summed E-state index contributed by atoms with van der Waals surface area (Å²) in [6.45, 7) is 3.99. The van der Waals surface area contributed by atoms with Gasteiger partial charge in [-0.1, -0.05) is 22.9 Å². The highest BCUT2D eigenvalue weighted by molar-refractivity contribution is 9.11. The van der Waals surface area contributed by atoms with Crippen LogP contribution in [0.15, 0.2) is 32.0 Å². The van der Waals surface area contributed by atoms with Crippen LogP contribution in [-0.2, 0) is 10.0 Å². The minimum Gasteiger partial charge on any atom is -0.305 e. The second kappa shape index (κ2) is 7.00. The second-order valence-corrected chi connectivity index (χ2v) is 7.37. The molecule has 0 amide bonds. The number of nitrogens with zero attached hydrogens (tertiary/aromatic N) is 1. The molecule has 0 spiro atoms. The minimum atomic E-state index is -3.47. The van der Waals surface area contributed by atoms with Crippen LogP contribution >= 0.6 is 31.9 Å². The molecule has 0 heterocycles. The number of halogens is 2. The van der Waals surface area contributed by atoms with Crippen LogP contribution in [0.4, 0.5) is 0 Å². The van der Waals surface area contributed by atoms with Crippen LogP contribution in [0.25, 0.3) is 0 Å². The fraction of sp³-hybridized carbons (Fsp3) is 0.455. The minimum absolute atomic E-state index is 0.246. The van der Waals surface area contributed by atoms with Gasteiger partial charge in [0, 0.05) is 22.0 Å². The van der Waals surface area contributed by atoms with E-state index in [2.05, 4.69) is 36.6 Å². The fourth-order valence-electron chi connectivity index (χ4n) is 1.29. The Morgan fingerprint density at radius 1 is 1.33 bits per heavy atom. The number of sulfonamides is 1. The van der Waals surface area contributed by atoms with E-state index in [0.29, 0.717) is 17.6 Å². The van der Waals surface area contributed by atoms with Gasteiger partial charge in [0.25, 0.3) is 0 Å². The lowest BCUT2D eigenvalue weighted by atomic mass is 10.4. The number of rotatable bonds is 6. The number of hydrogen-bond donors (Lipinski definition) is 1. The molecule has 7 heteroatoms.